The van der Waals surface area contributed by atoms with Gasteiger partial charge in [-0.15, -0.1) is 18.3 Å². The van der Waals surface area contributed by atoms with E-state index in [4.69, 9.17) is 4.74 Å². The van der Waals surface area contributed by atoms with E-state index < -0.39 is 9.75 Å². The van der Waals surface area contributed by atoms with E-state index in [2.05, 4.69) is 22.5 Å². The average molecular weight is 408 g/mol. The number of nitrogens with zero attached hydrogens (tertiary/aromatic N) is 1. The number of esters is 1. The number of benzene rings is 1. The Hall–Kier alpha value is -1.53. The molecule has 4 nitrogen and oxygen atoms in total. The summed E-state index contributed by atoms with van der Waals surface area (Å²) in [6.07, 6.45) is 2.32. The highest BCUT2D eigenvalue weighted by Crippen LogP contribution is 2.58. The maximum Gasteiger partial charge on any atom is 0.355 e. The average Bonchev–Trinajstić information content (AvgIpc) is 2.60. The Bertz CT molecular complexity index is 718. The molecule has 24 heavy (non-hydrogen) atoms. The summed E-state index contributed by atoms with van der Waals surface area (Å²) >= 11 is 5.28. The molecule has 0 spiro atoms. The van der Waals surface area contributed by atoms with Crippen LogP contribution in [-0.4, -0.2) is 26.3 Å². The number of halogens is 1. The van der Waals surface area contributed by atoms with E-state index in [1.54, 1.807) is 17.8 Å². The third-order valence-corrected chi connectivity index (χ3v) is 7.22. The van der Waals surface area contributed by atoms with E-state index in [9.17, 15) is 9.59 Å². The molecule has 3 rings (SSSR count). The van der Waals surface area contributed by atoms with Crippen LogP contribution < -0.4 is 0 Å². The predicted octanol–water partition coefficient (Wildman–Crippen LogP) is 3.83. The molecule has 2 atom stereocenters. The van der Waals surface area contributed by atoms with Crippen molar-refractivity contribution in [2.24, 2.45) is 5.92 Å². The molecule has 1 aromatic carbocycles. The fourth-order valence-corrected chi connectivity index (χ4v) is 5.26. The number of amides is 1. The van der Waals surface area contributed by atoms with Gasteiger partial charge < -0.3 is 4.74 Å². The first kappa shape index (κ1) is 17.3. The van der Waals surface area contributed by atoms with Crippen molar-refractivity contribution < 1.29 is 14.3 Å². The van der Waals surface area contributed by atoms with Crippen LogP contribution in [0.5, 0.6) is 0 Å². The number of allylic oxidation sites excluding steroid dienone is 1. The lowest BCUT2D eigenvalue weighted by atomic mass is 9.92. The van der Waals surface area contributed by atoms with Crippen LogP contribution in [0.15, 0.2) is 54.3 Å². The van der Waals surface area contributed by atoms with Crippen LogP contribution in [0.2, 0.25) is 0 Å². The molecule has 0 bridgehead atoms. The monoisotopic (exact) mass is 407 g/mol. The molecule has 1 aromatic rings. The summed E-state index contributed by atoms with van der Waals surface area (Å²) in [6.45, 7) is 5.77. The molecule has 6 heteroatoms. The Labute approximate surface area is 154 Å². The second-order valence-corrected chi connectivity index (χ2v) is 8.77. The van der Waals surface area contributed by atoms with Gasteiger partial charge in [0.25, 0.3) is 0 Å². The quantitative estimate of drug-likeness (QED) is 0.244. The minimum absolute atomic E-state index is 0.0648. The van der Waals surface area contributed by atoms with Crippen molar-refractivity contribution in [3.05, 3.63) is 59.8 Å². The smallest absolute Gasteiger partial charge is 0.355 e. The summed E-state index contributed by atoms with van der Waals surface area (Å²) in [5.74, 6) is -0.0424. The minimum Gasteiger partial charge on any atom is -0.456 e. The predicted molar refractivity (Wildman–Crippen MR) is 98.2 cm³/mol. The van der Waals surface area contributed by atoms with Crippen molar-refractivity contribution in [2.45, 2.75) is 23.7 Å². The Morgan fingerprint density at radius 2 is 2.21 bits per heavy atom. The summed E-state index contributed by atoms with van der Waals surface area (Å²) < 4.78 is 4.87. The van der Waals surface area contributed by atoms with Crippen molar-refractivity contribution >= 4 is 39.6 Å². The number of ether oxygens (including phenoxy) is 1. The molecular weight excluding hydrogens is 390 g/mol. The number of fused-ring (bicyclic) bond motifs is 1. The highest BCUT2D eigenvalue weighted by molar-refractivity contribution is 9.12. The van der Waals surface area contributed by atoms with Crippen LogP contribution in [0.25, 0.3) is 0 Å². The van der Waals surface area contributed by atoms with Crippen LogP contribution in [-0.2, 0) is 20.9 Å². The van der Waals surface area contributed by atoms with E-state index in [-0.39, 0.29) is 18.4 Å². The highest BCUT2D eigenvalue weighted by atomic mass is 79.9. The maximum absolute atomic E-state index is 12.6. The lowest BCUT2D eigenvalue weighted by Gasteiger charge is -2.55. The van der Waals surface area contributed by atoms with E-state index >= 15 is 0 Å². The van der Waals surface area contributed by atoms with Crippen molar-refractivity contribution in [1.29, 1.82) is 0 Å². The maximum atomic E-state index is 12.6. The molecule has 0 unspecified atom stereocenters. The van der Waals surface area contributed by atoms with Gasteiger partial charge >= 0.3 is 5.97 Å². The lowest BCUT2D eigenvalue weighted by molar-refractivity contribution is -0.156. The Kier molecular flexibility index (Phi) is 4.88. The third-order valence-electron chi connectivity index (χ3n) is 4.18. The molecule has 1 fully saturated rings. The van der Waals surface area contributed by atoms with Crippen molar-refractivity contribution in [3.8, 4) is 0 Å². The summed E-state index contributed by atoms with van der Waals surface area (Å²) in [5.41, 5.74) is 2.14. The largest absolute Gasteiger partial charge is 0.456 e. The molecular formula is C18H18BrNO3S. The summed E-state index contributed by atoms with van der Waals surface area (Å²) in [4.78, 5) is 26.7. The first-order valence-corrected chi connectivity index (χ1v) is 9.45. The van der Waals surface area contributed by atoms with E-state index in [0.29, 0.717) is 17.9 Å². The van der Waals surface area contributed by atoms with Gasteiger partial charge in [-0.05, 0) is 40.4 Å². The minimum atomic E-state index is -0.571. The standard InChI is InChI=1S/C18H18BrNO3S/c1-3-7-14-16(21)20-15(12(2)11-24-18(14,20)19)17(22)23-10-13-8-5-4-6-9-13/h3-6,8-9,14H,1,7,10-11H2,2H3/t14-,18+/m1/s1. The van der Waals surface area contributed by atoms with Crippen LogP contribution in [0.4, 0.5) is 0 Å². The van der Waals surface area contributed by atoms with Gasteiger partial charge in [0.2, 0.25) is 5.91 Å². The molecule has 2 aliphatic heterocycles. The third kappa shape index (κ3) is 2.82. The summed E-state index contributed by atoms with van der Waals surface area (Å²) in [5, 5.41) is 0. The Morgan fingerprint density at radius 1 is 1.50 bits per heavy atom. The molecule has 0 N–H and O–H groups in total. The topological polar surface area (TPSA) is 46.6 Å². The zero-order valence-electron chi connectivity index (χ0n) is 13.3. The van der Waals surface area contributed by atoms with Gasteiger partial charge in [-0.2, -0.15) is 0 Å². The van der Waals surface area contributed by atoms with Crippen LogP contribution in [0.1, 0.15) is 18.9 Å². The second-order valence-electron chi connectivity index (χ2n) is 5.84. The normalized spacial score (nSPS) is 25.8. The fourth-order valence-electron chi connectivity index (χ4n) is 2.91. The van der Waals surface area contributed by atoms with Gasteiger partial charge in [0, 0.05) is 5.75 Å². The molecule has 1 amide bonds. The number of hydrogen-bond acceptors (Lipinski definition) is 4. The highest BCUT2D eigenvalue weighted by Gasteiger charge is 2.62. The second kappa shape index (κ2) is 6.76. The number of alkyl halides is 1. The molecule has 2 heterocycles. The van der Waals surface area contributed by atoms with Crippen molar-refractivity contribution in [1.82, 2.24) is 4.90 Å². The molecule has 0 saturated carbocycles. The van der Waals surface area contributed by atoms with Gasteiger partial charge in [0.1, 0.15) is 12.3 Å². The van der Waals surface area contributed by atoms with Gasteiger partial charge in [0.05, 0.1) is 5.92 Å². The van der Waals surface area contributed by atoms with Crippen LogP contribution >= 0.6 is 27.7 Å². The zero-order chi connectivity index (χ0) is 17.3. The van der Waals surface area contributed by atoms with Gasteiger partial charge in [-0.1, -0.05) is 36.4 Å². The molecule has 126 valence electrons. The van der Waals surface area contributed by atoms with Crippen molar-refractivity contribution in [3.63, 3.8) is 0 Å². The number of carbonyl (C=O) groups excluding carboxylic acids is 2. The summed E-state index contributed by atoms with van der Waals surface area (Å²) in [6, 6.07) is 9.50. The number of thioether (sulfide) groups is 1. The van der Waals surface area contributed by atoms with Crippen LogP contribution in [0, 0.1) is 5.92 Å². The van der Waals surface area contributed by atoms with E-state index in [0.717, 1.165) is 11.1 Å². The first-order chi connectivity index (χ1) is 11.5. The first-order valence-electron chi connectivity index (χ1n) is 7.67. The van der Waals surface area contributed by atoms with E-state index in [1.807, 2.05) is 37.3 Å². The molecule has 0 aromatic heterocycles. The molecule has 0 radical (unpaired) electrons. The lowest BCUT2D eigenvalue weighted by Crippen LogP contribution is -2.67. The Balaban J connectivity index is 1.78. The number of β-lactam (4-membered cyclic amide) rings is 1. The number of carbonyl (C=O) groups is 2. The summed E-state index contributed by atoms with van der Waals surface area (Å²) in [7, 11) is 0. The van der Waals surface area contributed by atoms with Crippen molar-refractivity contribution in [2.75, 3.05) is 5.75 Å². The van der Waals surface area contributed by atoms with Gasteiger partial charge in [0.15, 0.2) is 3.78 Å². The number of hydrogen-bond donors (Lipinski definition) is 0. The van der Waals surface area contributed by atoms with Gasteiger partial charge in [-0.3, -0.25) is 9.69 Å². The molecule has 1 saturated heterocycles. The van der Waals surface area contributed by atoms with Gasteiger partial charge in [-0.25, -0.2) is 4.79 Å². The molecule has 2 aliphatic rings. The number of rotatable bonds is 5. The Morgan fingerprint density at radius 3 is 2.88 bits per heavy atom. The van der Waals surface area contributed by atoms with E-state index in [1.165, 1.54) is 4.90 Å². The van der Waals surface area contributed by atoms with Crippen LogP contribution in [0.3, 0.4) is 0 Å². The fraction of sp³-hybridized carbons (Fsp3) is 0.333. The SMILES string of the molecule is C=CC[C@@H]1C(=O)N2C(C(=O)OCc3ccccc3)=C(C)CS[C@]12Br. The zero-order valence-corrected chi connectivity index (χ0v) is 15.7. The molecule has 0 aliphatic carbocycles.